The van der Waals surface area contributed by atoms with E-state index >= 15 is 0 Å². The molecule has 6 nitrogen and oxygen atoms in total. The Morgan fingerprint density at radius 3 is 2.75 bits per heavy atom. The van der Waals surface area contributed by atoms with Crippen molar-refractivity contribution in [1.29, 1.82) is 0 Å². The van der Waals surface area contributed by atoms with Gasteiger partial charge in [0.2, 0.25) is 5.91 Å². The number of fused-ring (bicyclic) bond motifs is 1. The van der Waals surface area contributed by atoms with E-state index in [1.54, 1.807) is 29.2 Å². The highest BCUT2D eigenvalue weighted by Crippen LogP contribution is 2.14. The van der Waals surface area contributed by atoms with Crippen molar-refractivity contribution in [2.45, 2.75) is 25.5 Å². The minimum absolute atomic E-state index is 0.0219. The first kappa shape index (κ1) is 12.9. The fourth-order valence-electron chi connectivity index (χ4n) is 2.51. The molecular weight excluding hydrogens is 260 g/mol. The lowest BCUT2D eigenvalue weighted by Gasteiger charge is -2.29. The second kappa shape index (κ2) is 5.13. The zero-order valence-electron chi connectivity index (χ0n) is 11.0. The van der Waals surface area contributed by atoms with Gasteiger partial charge in [0.25, 0.3) is 0 Å². The molecule has 0 spiro atoms. The Morgan fingerprint density at radius 2 is 2.00 bits per heavy atom. The molecule has 1 aliphatic rings. The van der Waals surface area contributed by atoms with Crippen molar-refractivity contribution in [2.24, 2.45) is 0 Å². The van der Waals surface area contributed by atoms with Gasteiger partial charge in [-0.25, -0.2) is 4.79 Å². The number of carbonyl (C=O) groups excluding carboxylic acids is 1. The van der Waals surface area contributed by atoms with E-state index < -0.39 is 5.76 Å². The van der Waals surface area contributed by atoms with E-state index in [2.05, 4.69) is 0 Å². The van der Waals surface area contributed by atoms with Gasteiger partial charge in [-0.2, -0.15) is 0 Å². The van der Waals surface area contributed by atoms with E-state index in [-0.39, 0.29) is 18.6 Å². The van der Waals surface area contributed by atoms with Gasteiger partial charge in [-0.3, -0.25) is 9.36 Å². The molecule has 0 radical (unpaired) electrons. The average molecular weight is 276 g/mol. The summed E-state index contributed by atoms with van der Waals surface area (Å²) >= 11 is 0. The summed E-state index contributed by atoms with van der Waals surface area (Å²) in [7, 11) is 0. The molecule has 0 aliphatic carbocycles. The Labute approximate surface area is 115 Å². The standard InChI is InChI=1S/C14H16N2O4/c17-10-5-7-15(8-6-10)13(18)9-16-11-3-1-2-4-12(11)20-14(16)19/h1-4,10,17H,5-9H2. The normalized spacial score (nSPS) is 16.8. The van der Waals surface area contributed by atoms with Crippen LogP contribution in [0.25, 0.3) is 11.1 Å². The zero-order chi connectivity index (χ0) is 14.1. The van der Waals surface area contributed by atoms with Crippen LogP contribution >= 0.6 is 0 Å². The number of nitrogens with zero attached hydrogens (tertiary/aromatic N) is 2. The van der Waals surface area contributed by atoms with Crippen LogP contribution in [0.3, 0.4) is 0 Å². The number of likely N-dealkylation sites (tertiary alicyclic amines) is 1. The number of aromatic nitrogens is 1. The second-order valence-electron chi connectivity index (χ2n) is 5.03. The van der Waals surface area contributed by atoms with Crippen LogP contribution in [0, 0.1) is 0 Å². The van der Waals surface area contributed by atoms with Gasteiger partial charge in [0.15, 0.2) is 5.58 Å². The summed E-state index contributed by atoms with van der Waals surface area (Å²) in [6.07, 6.45) is 0.857. The molecule has 1 fully saturated rings. The Hall–Kier alpha value is -2.08. The highest BCUT2D eigenvalue weighted by molar-refractivity contribution is 5.79. The topological polar surface area (TPSA) is 75.7 Å². The Balaban J connectivity index is 1.81. The van der Waals surface area contributed by atoms with E-state index in [4.69, 9.17) is 4.42 Å². The molecule has 0 atom stereocenters. The Kier molecular flexibility index (Phi) is 3.31. The first-order valence-corrected chi connectivity index (χ1v) is 6.69. The molecule has 1 N–H and O–H groups in total. The Bertz CT molecular complexity index is 680. The number of aliphatic hydroxyl groups is 1. The van der Waals surface area contributed by atoms with Gasteiger partial charge >= 0.3 is 5.76 Å². The number of piperidine rings is 1. The van der Waals surface area contributed by atoms with E-state index in [1.807, 2.05) is 0 Å². The van der Waals surface area contributed by atoms with Crippen molar-refractivity contribution in [3.05, 3.63) is 34.8 Å². The lowest BCUT2D eigenvalue weighted by Crippen LogP contribution is -2.42. The number of aliphatic hydroxyl groups excluding tert-OH is 1. The van der Waals surface area contributed by atoms with E-state index in [1.165, 1.54) is 4.57 Å². The quantitative estimate of drug-likeness (QED) is 0.870. The minimum atomic E-state index is -0.517. The molecule has 1 saturated heterocycles. The molecule has 1 aromatic carbocycles. The second-order valence-corrected chi connectivity index (χ2v) is 5.03. The minimum Gasteiger partial charge on any atom is -0.408 e. The molecule has 1 aromatic heterocycles. The monoisotopic (exact) mass is 276 g/mol. The molecule has 3 rings (SSSR count). The lowest BCUT2D eigenvalue weighted by molar-refractivity contribution is -0.133. The van der Waals surface area contributed by atoms with Crippen LogP contribution < -0.4 is 5.76 Å². The van der Waals surface area contributed by atoms with Crippen LogP contribution in [-0.2, 0) is 11.3 Å². The van der Waals surface area contributed by atoms with Crippen molar-refractivity contribution in [3.8, 4) is 0 Å². The summed E-state index contributed by atoms with van der Waals surface area (Å²) < 4.78 is 6.45. The molecule has 6 heteroatoms. The van der Waals surface area contributed by atoms with Crippen molar-refractivity contribution in [1.82, 2.24) is 9.47 Å². The summed E-state index contributed by atoms with van der Waals surface area (Å²) in [6.45, 7) is 1.04. The third-order valence-corrected chi connectivity index (χ3v) is 3.68. The van der Waals surface area contributed by atoms with Gasteiger partial charge in [0.05, 0.1) is 11.6 Å². The van der Waals surface area contributed by atoms with Gasteiger partial charge in [0, 0.05) is 13.1 Å². The summed E-state index contributed by atoms with van der Waals surface area (Å²) in [5.41, 5.74) is 1.11. The molecule has 0 saturated carbocycles. The fraction of sp³-hybridized carbons (Fsp3) is 0.429. The van der Waals surface area contributed by atoms with Gasteiger partial charge in [-0.15, -0.1) is 0 Å². The Morgan fingerprint density at radius 1 is 1.30 bits per heavy atom. The largest absolute Gasteiger partial charge is 0.420 e. The molecule has 0 unspecified atom stereocenters. The van der Waals surface area contributed by atoms with Gasteiger partial charge in [-0.1, -0.05) is 12.1 Å². The van der Waals surface area contributed by atoms with Gasteiger partial charge in [-0.05, 0) is 25.0 Å². The first-order chi connectivity index (χ1) is 9.65. The smallest absolute Gasteiger partial charge is 0.408 e. The fourth-order valence-corrected chi connectivity index (χ4v) is 2.51. The highest BCUT2D eigenvalue weighted by Gasteiger charge is 2.22. The maximum absolute atomic E-state index is 12.2. The maximum atomic E-state index is 12.2. The third-order valence-electron chi connectivity index (χ3n) is 3.68. The van der Waals surface area contributed by atoms with Crippen molar-refractivity contribution in [3.63, 3.8) is 0 Å². The van der Waals surface area contributed by atoms with Crippen LogP contribution in [0.4, 0.5) is 0 Å². The predicted molar refractivity (Wildman–Crippen MR) is 72.3 cm³/mol. The number of para-hydroxylation sites is 2. The van der Waals surface area contributed by atoms with Crippen molar-refractivity contribution in [2.75, 3.05) is 13.1 Å². The predicted octanol–water partition coefficient (Wildman–Crippen LogP) is 0.578. The number of carbonyl (C=O) groups is 1. The highest BCUT2D eigenvalue weighted by atomic mass is 16.4. The molecule has 0 bridgehead atoms. The maximum Gasteiger partial charge on any atom is 0.420 e. The number of oxazole rings is 1. The van der Waals surface area contributed by atoms with E-state index in [0.29, 0.717) is 37.0 Å². The average Bonchev–Trinajstić information content (AvgIpc) is 2.76. The van der Waals surface area contributed by atoms with Crippen LogP contribution in [-0.4, -0.2) is 39.7 Å². The van der Waals surface area contributed by atoms with E-state index in [9.17, 15) is 14.7 Å². The summed E-state index contributed by atoms with van der Waals surface area (Å²) in [5, 5.41) is 9.44. The molecule has 106 valence electrons. The number of hydrogen-bond donors (Lipinski definition) is 1. The number of hydrogen-bond acceptors (Lipinski definition) is 4. The molecule has 2 heterocycles. The van der Waals surface area contributed by atoms with Gasteiger partial charge < -0.3 is 14.4 Å². The summed E-state index contributed by atoms with van der Waals surface area (Å²) in [4.78, 5) is 25.7. The van der Waals surface area contributed by atoms with Crippen LogP contribution in [0.1, 0.15) is 12.8 Å². The number of rotatable bonds is 2. The lowest BCUT2D eigenvalue weighted by atomic mass is 10.1. The molecular formula is C14H16N2O4. The molecule has 2 aromatic rings. The van der Waals surface area contributed by atoms with Crippen molar-refractivity contribution >= 4 is 17.0 Å². The van der Waals surface area contributed by atoms with Crippen LogP contribution in [0.5, 0.6) is 0 Å². The molecule has 1 amide bonds. The number of amides is 1. The molecule has 20 heavy (non-hydrogen) atoms. The van der Waals surface area contributed by atoms with Gasteiger partial charge in [0.1, 0.15) is 6.54 Å². The molecule has 1 aliphatic heterocycles. The van der Waals surface area contributed by atoms with Crippen LogP contribution in [0.15, 0.2) is 33.5 Å². The summed E-state index contributed by atoms with van der Waals surface area (Å²) in [5.74, 6) is -0.637. The van der Waals surface area contributed by atoms with Crippen LogP contribution in [0.2, 0.25) is 0 Å². The third kappa shape index (κ3) is 2.34. The van der Waals surface area contributed by atoms with E-state index in [0.717, 1.165) is 0 Å². The number of benzene rings is 1. The first-order valence-electron chi connectivity index (χ1n) is 6.69. The van der Waals surface area contributed by atoms with Crippen molar-refractivity contribution < 1.29 is 14.3 Å². The SMILES string of the molecule is O=C(Cn1c(=O)oc2ccccc21)N1CCC(O)CC1. The summed E-state index contributed by atoms with van der Waals surface area (Å²) in [6, 6.07) is 7.04. The zero-order valence-corrected chi connectivity index (χ0v) is 11.0.